The molecule has 6 heteroatoms. The van der Waals surface area contributed by atoms with Crippen LogP contribution in [0.5, 0.6) is 0 Å². The molecule has 0 fully saturated rings. The van der Waals surface area contributed by atoms with Gasteiger partial charge in [-0.1, -0.05) is 6.08 Å². The van der Waals surface area contributed by atoms with Crippen LogP contribution in [0, 0.1) is 0 Å². The molecule has 0 aromatic carbocycles. The van der Waals surface area contributed by atoms with Crippen LogP contribution in [-0.2, 0) is 18.3 Å². The van der Waals surface area contributed by atoms with Gasteiger partial charge >= 0.3 is 0 Å². The van der Waals surface area contributed by atoms with Gasteiger partial charge in [-0.15, -0.1) is 16.8 Å². The molecule has 0 bridgehead atoms. The third-order valence-electron chi connectivity index (χ3n) is 2.42. The van der Waals surface area contributed by atoms with Gasteiger partial charge in [0.05, 0.1) is 6.04 Å². The maximum absolute atomic E-state index is 11.5. The first kappa shape index (κ1) is 13.4. The highest BCUT2D eigenvalue weighted by Crippen LogP contribution is 1.92. The van der Waals surface area contributed by atoms with Gasteiger partial charge in [0.25, 0.3) is 0 Å². The van der Waals surface area contributed by atoms with Gasteiger partial charge < -0.3 is 15.2 Å². The maximum atomic E-state index is 11.5. The molecule has 94 valence electrons. The van der Waals surface area contributed by atoms with Crippen molar-refractivity contribution in [1.29, 1.82) is 0 Å². The zero-order valence-electron chi connectivity index (χ0n) is 10.3. The van der Waals surface area contributed by atoms with Gasteiger partial charge in [0.15, 0.2) is 0 Å². The van der Waals surface area contributed by atoms with Crippen LogP contribution in [0.1, 0.15) is 12.7 Å². The van der Waals surface area contributed by atoms with E-state index in [0.29, 0.717) is 13.1 Å². The van der Waals surface area contributed by atoms with Crippen molar-refractivity contribution in [2.45, 2.75) is 19.4 Å². The first-order valence-corrected chi connectivity index (χ1v) is 5.60. The van der Waals surface area contributed by atoms with Crippen molar-refractivity contribution in [3.05, 3.63) is 24.8 Å². The fourth-order valence-corrected chi connectivity index (χ4v) is 1.35. The van der Waals surface area contributed by atoms with Gasteiger partial charge in [-0.2, -0.15) is 0 Å². The number of nitrogens with one attached hydrogen (secondary N) is 2. The molecule has 17 heavy (non-hydrogen) atoms. The summed E-state index contributed by atoms with van der Waals surface area (Å²) in [5.74, 6) is 0.874. The Balaban J connectivity index is 2.24. The Kier molecular flexibility index (Phi) is 5.35. The monoisotopic (exact) mass is 237 g/mol. The molecule has 1 heterocycles. The van der Waals surface area contributed by atoms with Crippen LogP contribution in [0.2, 0.25) is 0 Å². The highest BCUT2D eigenvalue weighted by Gasteiger charge is 2.10. The number of nitrogens with zero attached hydrogens (tertiary/aromatic N) is 3. The molecule has 0 aliphatic carbocycles. The molecule has 1 aromatic rings. The van der Waals surface area contributed by atoms with Crippen molar-refractivity contribution in [1.82, 2.24) is 25.4 Å². The summed E-state index contributed by atoms with van der Waals surface area (Å²) in [6.07, 6.45) is 4.06. The fourth-order valence-electron chi connectivity index (χ4n) is 1.35. The Bertz CT molecular complexity index is 374. The molecule has 0 saturated heterocycles. The van der Waals surface area contributed by atoms with E-state index in [2.05, 4.69) is 27.4 Å². The molecule has 1 atom stereocenters. The largest absolute Gasteiger partial charge is 0.351 e. The molecule has 0 radical (unpaired) electrons. The van der Waals surface area contributed by atoms with Crippen LogP contribution in [0.4, 0.5) is 0 Å². The van der Waals surface area contributed by atoms with Gasteiger partial charge in [-0.3, -0.25) is 4.79 Å². The van der Waals surface area contributed by atoms with Crippen molar-refractivity contribution >= 4 is 5.91 Å². The Labute approximate surface area is 101 Å². The lowest BCUT2D eigenvalue weighted by Gasteiger charge is -2.12. The summed E-state index contributed by atoms with van der Waals surface area (Å²) in [7, 11) is 1.90. The van der Waals surface area contributed by atoms with E-state index in [-0.39, 0.29) is 11.9 Å². The van der Waals surface area contributed by atoms with Crippen LogP contribution in [-0.4, -0.2) is 39.8 Å². The van der Waals surface area contributed by atoms with E-state index in [9.17, 15) is 4.79 Å². The first-order valence-electron chi connectivity index (χ1n) is 5.60. The van der Waals surface area contributed by atoms with Crippen LogP contribution in [0.25, 0.3) is 0 Å². The third kappa shape index (κ3) is 4.36. The lowest BCUT2D eigenvalue weighted by atomic mass is 10.3. The number of rotatable bonds is 7. The molecule has 6 nitrogen and oxygen atoms in total. The smallest absolute Gasteiger partial charge is 0.237 e. The predicted molar refractivity (Wildman–Crippen MR) is 65.4 cm³/mol. The summed E-state index contributed by atoms with van der Waals surface area (Å²) in [5.41, 5.74) is 0. The van der Waals surface area contributed by atoms with E-state index in [1.54, 1.807) is 12.4 Å². The van der Waals surface area contributed by atoms with Crippen LogP contribution in [0.3, 0.4) is 0 Å². The van der Waals surface area contributed by atoms with Gasteiger partial charge in [-0.05, 0) is 6.92 Å². The third-order valence-corrected chi connectivity index (χ3v) is 2.42. The normalized spacial score (nSPS) is 12.1. The SMILES string of the molecule is C=CCNC(=O)C(C)NCCc1nncn1C. The molecule has 0 saturated carbocycles. The molecule has 1 unspecified atom stereocenters. The number of aryl methyl sites for hydroxylation is 1. The average Bonchev–Trinajstić information content (AvgIpc) is 2.72. The minimum atomic E-state index is -0.219. The van der Waals surface area contributed by atoms with Gasteiger partial charge in [0.2, 0.25) is 5.91 Å². The molecule has 2 N–H and O–H groups in total. The first-order chi connectivity index (χ1) is 8.15. The zero-order valence-corrected chi connectivity index (χ0v) is 10.3. The van der Waals surface area contributed by atoms with E-state index in [1.807, 2.05) is 18.5 Å². The molecular weight excluding hydrogens is 218 g/mol. The zero-order chi connectivity index (χ0) is 12.7. The lowest BCUT2D eigenvalue weighted by molar-refractivity contribution is -0.122. The Hall–Kier alpha value is -1.69. The van der Waals surface area contributed by atoms with E-state index in [1.165, 1.54) is 0 Å². The van der Waals surface area contributed by atoms with Crippen molar-refractivity contribution in [2.75, 3.05) is 13.1 Å². The summed E-state index contributed by atoms with van der Waals surface area (Å²) in [6, 6.07) is -0.219. The molecule has 0 aliphatic heterocycles. The van der Waals surface area contributed by atoms with Crippen molar-refractivity contribution in [2.24, 2.45) is 7.05 Å². The second-order valence-electron chi connectivity index (χ2n) is 3.82. The van der Waals surface area contributed by atoms with Crippen LogP contribution in [0.15, 0.2) is 19.0 Å². The summed E-state index contributed by atoms with van der Waals surface area (Å²) >= 11 is 0. The maximum Gasteiger partial charge on any atom is 0.237 e. The highest BCUT2D eigenvalue weighted by molar-refractivity contribution is 5.81. The summed E-state index contributed by atoms with van der Waals surface area (Å²) < 4.78 is 1.87. The number of amides is 1. The van der Waals surface area contributed by atoms with Gasteiger partial charge in [-0.25, -0.2) is 0 Å². The number of hydrogen-bond donors (Lipinski definition) is 2. The minimum absolute atomic E-state index is 0.0251. The predicted octanol–water partition coefficient (Wildman–Crippen LogP) is -0.362. The van der Waals surface area contributed by atoms with Crippen molar-refractivity contribution in [3.8, 4) is 0 Å². The summed E-state index contributed by atoms with van der Waals surface area (Å²) in [5, 5.41) is 13.6. The van der Waals surface area contributed by atoms with E-state index in [0.717, 1.165) is 12.2 Å². The summed E-state index contributed by atoms with van der Waals surface area (Å²) in [6.45, 7) is 6.56. The van der Waals surface area contributed by atoms with Gasteiger partial charge in [0, 0.05) is 26.6 Å². The lowest BCUT2D eigenvalue weighted by Crippen LogP contribution is -2.43. The minimum Gasteiger partial charge on any atom is -0.351 e. The van der Waals surface area contributed by atoms with E-state index >= 15 is 0 Å². The number of carbonyl (C=O) groups excluding carboxylic acids is 1. The molecule has 1 amide bonds. The quantitative estimate of drug-likeness (QED) is 0.635. The van der Waals surface area contributed by atoms with Crippen LogP contribution >= 0.6 is 0 Å². The Morgan fingerprint density at radius 1 is 1.71 bits per heavy atom. The molecular formula is C11H19N5O. The standard InChI is InChI=1S/C11H19N5O/c1-4-6-13-11(17)9(2)12-7-5-10-15-14-8-16(10)3/h4,8-9,12H,1,5-7H2,2-3H3,(H,13,17). The van der Waals surface area contributed by atoms with Crippen LogP contribution < -0.4 is 10.6 Å². The molecule has 0 aliphatic rings. The topological polar surface area (TPSA) is 71.8 Å². The Morgan fingerprint density at radius 2 is 2.47 bits per heavy atom. The number of carbonyl (C=O) groups is 1. The molecule has 1 rings (SSSR count). The van der Waals surface area contributed by atoms with E-state index in [4.69, 9.17) is 0 Å². The average molecular weight is 237 g/mol. The van der Waals surface area contributed by atoms with Crippen molar-refractivity contribution in [3.63, 3.8) is 0 Å². The van der Waals surface area contributed by atoms with E-state index < -0.39 is 0 Å². The number of aromatic nitrogens is 3. The summed E-state index contributed by atoms with van der Waals surface area (Å²) in [4.78, 5) is 11.5. The highest BCUT2D eigenvalue weighted by atomic mass is 16.2. The van der Waals surface area contributed by atoms with Gasteiger partial charge in [0.1, 0.15) is 12.2 Å². The molecule has 0 spiro atoms. The second-order valence-corrected chi connectivity index (χ2v) is 3.82. The number of hydrogen-bond acceptors (Lipinski definition) is 4. The molecule has 1 aromatic heterocycles. The Morgan fingerprint density at radius 3 is 3.06 bits per heavy atom. The fraction of sp³-hybridized carbons (Fsp3) is 0.545. The van der Waals surface area contributed by atoms with Crippen molar-refractivity contribution < 1.29 is 4.79 Å². The second kappa shape index (κ2) is 6.80.